The van der Waals surface area contributed by atoms with Crippen LogP contribution in [0.5, 0.6) is 0 Å². The molecule has 1 aromatic rings. The van der Waals surface area contributed by atoms with Gasteiger partial charge in [0, 0.05) is 30.7 Å². The first kappa shape index (κ1) is 17.7. The van der Waals surface area contributed by atoms with Crippen LogP contribution >= 0.6 is 15.9 Å². The molecule has 2 fully saturated rings. The number of halogens is 1. The van der Waals surface area contributed by atoms with Crippen LogP contribution in [0.15, 0.2) is 22.7 Å². The molecular formula is C19H27BrN2O2. The van der Waals surface area contributed by atoms with Gasteiger partial charge in [-0.3, -0.25) is 9.80 Å². The SMILES string of the molecule is Cc1ccc(Br)c(CN2CCN(C(=O)OC(C)(C)C)C3(CC3)C2)c1. The van der Waals surface area contributed by atoms with E-state index in [1.165, 1.54) is 11.1 Å². The zero-order chi connectivity index (χ0) is 17.5. The van der Waals surface area contributed by atoms with E-state index in [-0.39, 0.29) is 11.6 Å². The number of hydrogen-bond donors (Lipinski definition) is 0. The zero-order valence-electron chi connectivity index (χ0n) is 15.1. The third kappa shape index (κ3) is 3.94. The predicted octanol–water partition coefficient (Wildman–Crippen LogP) is 4.34. The van der Waals surface area contributed by atoms with Crippen LogP contribution in [0.2, 0.25) is 0 Å². The molecule has 1 heterocycles. The molecule has 24 heavy (non-hydrogen) atoms. The molecule has 1 saturated carbocycles. The number of hydrogen-bond acceptors (Lipinski definition) is 3. The van der Waals surface area contributed by atoms with Crippen LogP contribution in [0.4, 0.5) is 4.79 Å². The molecule has 5 heteroatoms. The first-order valence-electron chi connectivity index (χ1n) is 8.67. The van der Waals surface area contributed by atoms with E-state index in [1.54, 1.807) is 0 Å². The summed E-state index contributed by atoms with van der Waals surface area (Å²) < 4.78 is 6.76. The lowest BCUT2D eigenvalue weighted by Crippen LogP contribution is -2.57. The molecule has 1 saturated heterocycles. The summed E-state index contributed by atoms with van der Waals surface area (Å²) in [5.74, 6) is 0. The molecule has 0 radical (unpaired) electrons. The van der Waals surface area contributed by atoms with Crippen molar-refractivity contribution in [1.29, 1.82) is 0 Å². The summed E-state index contributed by atoms with van der Waals surface area (Å²) in [5.41, 5.74) is 2.16. The predicted molar refractivity (Wildman–Crippen MR) is 99.1 cm³/mol. The molecule has 0 bridgehead atoms. The highest BCUT2D eigenvalue weighted by atomic mass is 79.9. The van der Waals surface area contributed by atoms with Gasteiger partial charge in [-0.2, -0.15) is 0 Å². The fourth-order valence-corrected chi connectivity index (χ4v) is 3.81. The minimum Gasteiger partial charge on any atom is -0.444 e. The van der Waals surface area contributed by atoms with Crippen molar-refractivity contribution in [3.8, 4) is 0 Å². The smallest absolute Gasteiger partial charge is 0.410 e. The summed E-state index contributed by atoms with van der Waals surface area (Å²) >= 11 is 3.66. The Labute approximate surface area is 153 Å². The Morgan fingerprint density at radius 1 is 1.29 bits per heavy atom. The number of carbonyl (C=O) groups excluding carboxylic acids is 1. The summed E-state index contributed by atoms with van der Waals surface area (Å²) in [5, 5.41) is 0. The Hall–Kier alpha value is -1.07. The van der Waals surface area contributed by atoms with E-state index >= 15 is 0 Å². The highest BCUT2D eigenvalue weighted by molar-refractivity contribution is 9.10. The van der Waals surface area contributed by atoms with Crippen molar-refractivity contribution in [2.75, 3.05) is 19.6 Å². The summed E-state index contributed by atoms with van der Waals surface area (Å²) in [6, 6.07) is 6.48. The molecule has 0 aromatic heterocycles. The molecule has 132 valence electrons. The lowest BCUT2D eigenvalue weighted by molar-refractivity contribution is -0.00810. The average molecular weight is 395 g/mol. The van der Waals surface area contributed by atoms with Gasteiger partial charge in [0.15, 0.2) is 0 Å². The van der Waals surface area contributed by atoms with Crippen LogP contribution in [0.3, 0.4) is 0 Å². The summed E-state index contributed by atoms with van der Waals surface area (Å²) in [6.45, 7) is 11.4. The van der Waals surface area contributed by atoms with Crippen LogP contribution in [-0.2, 0) is 11.3 Å². The number of aryl methyl sites for hydroxylation is 1. The topological polar surface area (TPSA) is 32.8 Å². The number of carbonyl (C=O) groups is 1. The van der Waals surface area contributed by atoms with E-state index in [9.17, 15) is 4.79 Å². The third-order valence-electron chi connectivity index (χ3n) is 4.77. The lowest BCUT2D eigenvalue weighted by Gasteiger charge is -2.42. The minimum absolute atomic E-state index is 0.00309. The van der Waals surface area contributed by atoms with Gasteiger partial charge in [-0.05, 0) is 52.2 Å². The Morgan fingerprint density at radius 3 is 2.62 bits per heavy atom. The fourth-order valence-electron chi connectivity index (χ4n) is 3.43. The molecule has 3 rings (SSSR count). The van der Waals surface area contributed by atoms with Crippen molar-refractivity contribution in [2.45, 2.75) is 58.2 Å². The first-order chi connectivity index (χ1) is 11.2. The van der Waals surface area contributed by atoms with Gasteiger partial charge >= 0.3 is 6.09 Å². The normalized spacial score (nSPS) is 20.3. The highest BCUT2D eigenvalue weighted by Crippen LogP contribution is 2.45. The van der Waals surface area contributed by atoms with Gasteiger partial charge in [-0.25, -0.2) is 4.79 Å². The van der Waals surface area contributed by atoms with Gasteiger partial charge in [-0.1, -0.05) is 33.6 Å². The molecule has 1 aliphatic heterocycles. The minimum atomic E-state index is -0.434. The second kappa shape index (κ2) is 6.34. The van der Waals surface area contributed by atoms with Crippen LogP contribution in [0, 0.1) is 6.92 Å². The molecule has 4 nitrogen and oxygen atoms in total. The monoisotopic (exact) mass is 394 g/mol. The zero-order valence-corrected chi connectivity index (χ0v) is 16.6. The van der Waals surface area contributed by atoms with E-state index in [0.29, 0.717) is 0 Å². The lowest BCUT2D eigenvalue weighted by atomic mass is 10.1. The maximum absolute atomic E-state index is 12.5. The number of amides is 1. The molecule has 1 spiro atoms. The first-order valence-corrected chi connectivity index (χ1v) is 9.46. The van der Waals surface area contributed by atoms with E-state index in [2.05, 4.69) is 46.0 Å². The number of nitrogens with zero attached hydrogens (tertiary/aromatic N) is 2. The average Bonchev–Trinajstić information content (AvgIpc) is 3.20. The molecular weight excluding hydrogens is 368 g/mol. The number of rotatable bonds is 2. The summed E-state index contributed by atoms with van der Waals surface area (Å²) in [7, 11) is 0. The van der Waals surface area contributed by atoms with Gasteiger partial charge in [0.05, 0.1) is 5.54 Å². The van der Waals surface area contributed by atoms with Crippen molar-refractivity contribution >= 4 is 22.0 Å². The quantitative estimate of drug-likeness (QED) is 0.747. The Balaban J connectivity index is 1.66. The molecule has 0 N–H and O–H groups in total. The molecule has 1 aromatic carbocycles. The maximum Gasteiger partial charge on any atom is 0.410 e. The Kier molecular flexibility index (Phi) is 4.69. The molecule has 0 atom stereocenters. The van der Waals surface area contributed by atoms with Gasteiger partial charge in [0.2, 0.25) is 0 Å². The maximum atomic E-state index is 12.5. The van der Waals surface area contributed by atoms with Gasteiger partial charge < -0.3 is 4.74 Å². The van der Waals surface area contributed by atoms with Gasteiger partial charge in [0.25, 0.3) is 0 Å². The standard InChI is InChI=1S/C19H27BrN2O2/c1-14-5-6-16(20)15(11-14)12-21-9-10-22(19(13-21)7-8-19)17(23)24-18(2,3)4/h5-6,11H,7-10,12-13H2,1-4H3. The van der Waals surface area contributed by atoms with Crippen molar-refractivity contribution in [1.82, 2.24) is 9.80 Å². The molecule has 0 unspecified atom stereocenters. The summed E-state index contributed by atoms with van der Waals surface area (Å²) in [6.07, 6.45) is 2.01. The van der Waals surface area contributed by atoms with E-state index in [4.69, 9.17) is 4.74 Å². The second-order valence-corrected chi connectivity index (χ2v) is 9.02. The van der Waals surface area contributed by atoms with E-state index in [0.717, 1.165) is 43.5 Å². The van der Waals surface area contributed by atoms with E-state index < -0.39 is 5.60 Å². The van der Waals surface area contributed by atoms with Crippen LogP contribution < -0.4 is 0 Å². The van der Waals surface area contributed by atoms with Crippen LogP contribution in [0.1, 0.15) is 44.7 Å². The van der Waals surface area contributed by atoms with Crippen molar-refractivity contribution in [3.05, 3.63) is 33.8 Å². The molecule has 1 aliphatic carbocycles. The highest BCUT2D eigenvalue weighted by Gasteiger charge is 2.54. The van der Waals surface area contributed by atoms with Crippen molar-refractivity contribution in [2.24, 2.45) is 0 Å². The molecule has 1 amide bonds. The van der Waals surface area contributed by atoms with Gasteiger partial charge in [0.1, 0.15) is 5.60 Å². The summed E-state index contributed by atoms with van der Waals surface area (Å²) in [4.78, 5) is 16.9. The van der Waals surface area contributed by atoms with Crippen molar-refractivity contribution < 1.29 is 9.53 Å². The number of ether oxygens (including phenoxy) is 1. The number of piperazine rings is 1. The second-order valence-electron chi connectivity index (χ2n) is 8.16. The van der Waals surface area contributed by atoms with Gasteiger partial charge in [-0.15, -0.1) is 0 Å². The molecule has 2 aliphatic rings. The third-order valence-corrected chi connectivity index (χ3v) is 5.54. The van der Waals surface area contributed by atoms with E-state index in [1.807, 2.05) is 25.7 Å². The Bertz CT molecular complexity index is 635. The fraction of sp³-hybridized carbons (Fsp3) is 0.632. The van der Waals surface area contributed by atoms with Crippen molar-refractivity contribution in [3.63, 3.8) is 0 Å². The van der Waals surface area contributed by atoms with Crippen LogP contribution in [0.25, 0.3) is 0 Å². The number of benzene rings is 1. The van der Waals surface area contributed by atoms with Crippen LogP contribution in [-0.4, -0.2) is 46.7 Å². The largest absolute Gasteiger partial charge is 0.444 e. The Morgan fingerprint density at radius 2 is 2.00 bits per heavy atom.